The number of hydrogen-bond donors (Lipinski definition) is 1. The van der Waals surface area contributed by atoms with E-state index < -0.39 is 28.9 Å². The first-order valence-electron chi connectivity index (χ1n) is 9.01. The van der Waals surface area contributed by atoms with Crippen LogP contribution >= 0.6 is 0 Å². The predicted octanol–water partition coefficient (Wildman–Crippen LogP) is 4.34. The first-order chi connectivity index (χ1) is 13.5. The van der Waals surface area contributed by atoms with E-state index in [1.165, 1.54) is 12.1 Å². The smallest absolute Gasteiger partial charge is 0.258 e. The highest BCUT2D eigenvalue weighted by molar-refractivity contribution is 6.04. The van der Waals surface area contributed by atoms with Gasteiger partial charge in [-0.15, -0.1) is 10.2 Å². The van der Waals surface area contributed by atoms with E-state index in [9.17, 15) is 18.0 Å². The lowest BCUT2D eigenvalue weighted by atomic mass is 10.1. The quantitative estimate of drug-likeness (QED) is 0.728. The van der Waals surface area contributed by atoms with Crippen LogP contribution in [0.25, 0.3) is 11.4 Å². The van der Waals surface area contributed by atoms with Crippen LogP contribution in [0.2, 0.25) is 0 Å². The van der Waals surface area contributed by atoms with Crippen molar-refractivity contribution in [2.24, 2.45) is 0 Å². The van der Waals surface area contributed by atoms with Crippen LogP contribution in [-0.4, -0.2) is 20.7 Å². The lowest BCUT2D eigenvalue weighted by Crippen LogP contribution is -2.15. The second-order valence-corrected chi connectivity index (χ2v) is 6.68. The van der Waals surface area contributed by atoms with Crippen molar-refractivity contribution in [3.05, 3.63) is 65.2 Å². The minimum atomic E-state index is -0.937. The zero-order valence-electron chi connectivity index (χ0n) is 14.9. The number of fused-ring (bicyclic) bond motifs is 1. The van der Waals surface area contributed by atoms with Gasteiger partial charge in [0.05, 0.1) is 11.3 Å². The molecular weight excluding hydrogens is 369 g/mol. The van der Waals surface area contributed by atoms with E-state index in [2.05, 4.69) is 15.5 Å². The summed E-state index contributed by atoms with van der Waals surface area (Å²) in [5.41, 5.74) is -0.0599. The van der Waals surface area contributed by atoms with Crippen molar-refractivity contribution in [1.29, 1.82) is 0 Å². The van der Waals surface area contributed by atoms with Crippen molar-refractivity contribution in [3.63, 3.8) is 0 Å². The first kappa shape index (κ1) is 18.2. The van der Waals surface area contributed by atoms with Gasteiger partial charge in [-0.05, 0) is 49.2 Å². The molecule has 1 aliphatic rings. The van der Waals surface area contributed by atoms with Gasteiger partial charge in [-0.3, -0.25) is 4.79 Å². The largest absolute Gasteiger partial charge is 0.319 e. The fraction of sp³-hybridized carbons (Fsp3) is 0.250. The zero-order valence-corrected chi connectivity index (χ0v) is 14.9. The predicted molar refractivity (Wildman–Crippen MR) is 97.3 cm³/mol. The third kappa shape index (κ3) is 3.49. The monoisotopic (exact) mass is 386 g/mol. The van der Waals surface area contributed by atoms with Crippen LogP contribution in [0.1, 0.15) is 35.4 Å². The summed E-state index contributed by atoms with van der Waals surface area (Å²) in [6, 6.07) is 6.70. The summed E-state index contributed by atoms with van der Waals surface area (Å²) in [7, 11) is 0. The number of benzene rings is 2. The molecule has 3 aromatic rings. The molecule has 5 nitrogen and oxygen atoms in total. The Labute approximate surface area is 159 Å². The number of halogens is 3. The Hall–Kier alpha value is -3.16. The lowest BCUT2D eigenvalue weighted by molar-refractivity contribution is 0.102. The van der Waals surface area contributed by atoms with Crippen molar-refractivity contribution in [3.8, 4) is 11.4 Å². The van der Waals surface area contributed by atoms with Gasteiger partial charge in [0.25, 0.3) is 5.91 Å². The Bertz CT molecular complexity index is 1050. The summed E-state index contributed by atoms with van der Waals surface area (Å²) in [6.07, 6.45) is 3.98. The summed E-state index contributed by atoms with van der Waals surface area (Å²) < 4.78 is 43.4. The van der Waals surface area contributed by atoms with Gasteiger partial charge in [0.2, 0.25) is 0 Å². The Morgan fingerprint density at radius 3 is 2.64 bits per heavy atom. The molecule has 1 aliphatic heterocycles. The van der Waals surface area contributed by atoms with Crippen molar-refractivity contribution in [2.45, 2.75) is 32.2 Å². The number of carbonyl (C=O) groups is 1. The van der Waals surface area contributed by atoms with E-state index in [-0.39, 0.29) is 5.69 Å². The Kier molecular flexibility index (Phi) is 4.85. The van der Waals surface area contributed by atoms with Gasteiger partial charge < -0.3 is 9.88 Å². The molecule has 144 valence electrons. The number of hydrogen-bond acceptors (Lipinski definition) is 3. The molecule has 0 atom stereocenters. The second-order valence-electron chi connectivity index (χ2n) is 6.68. The fourth-order valence-electron chi connectivity index (χ4n) is 3.32. The average Bonchev–Trinajstić information content (AvgIpc) is 2.93. The van der Waals surface area contributed by atoms with Crippen molar-refractivity contribution in [2.75, 3.05) is 5.32 Å². The van der Waals surface area contributed by atoms with Gasteiger partial charge in [-0.25, -0.2) is 13.2 Å². The second kappa shape index (κ2) is 7.46. The Morgan fingerprint density at radius 2 is 1.79 bits per heavy atom. The maximum atomic E-state index is 14.2. The number of anilines is 1. The molecule has 0 radical (unpaired) electrons. The summed E-state index contributed by atoms with van der Waals surface area (Å²) in [5, 5.41) is 10.7. The van der Waals surface area contributed by atoms with E-state index in [1.54, 1.807) is 6.07 Å². The van der Waals surface area contributed by atoms with Crippen molar-refractivity contribution in [1.82, 2.24) is 14.8 Å². The standard InChI is InChI=1S/C20H17F3N4O/c21-13-6-8-15(22)14(11-13)20(28)24-17-10-12(5-7-16(17)23)19-26-25-18-4-2-1-3-9-27(18)19/h5-8,10-11H,1-4,9H2,(H,24,28). The summed E-state index contributed by atoms with van der Waals surface area (Å²) in [5.74, 6) is -1.81. The molecule has 0 spiro atoms. The number of carbonyl (C=O) groups excluding carboxylic acids is 1. The molecule has 1 amide bonds. The highest BCUT2D eigenvalue weighted by Gasteiger charge is 2.19. The molecule has 1 N–H and O–H groups in total. The molecule has 0 bridgehead atoms. The minimum absolute atomic E-state index is 0.142. The number of nitrogens with one attached hydrogen (secondary N) is 1. The van der Waals surface area contributed by atoms with Crippen LogP contribution in [0.3, 0.4) is 0 Å². The van der Waals surface area contributed by atoms with Crippen LogP contribution in [0, 0.1) is 17.5 Å². The van der Waals surface area contributed by atoms with Gasteiger partial charge in [-0.2, -0.15) is 0 Å². The molecule has 28 heavy (non-hydrogen) atoms. The van der Waals surface area contributed by atoms with Gasteiger partial charge in [0, 0.05) is 18.5 Å². The summed E-state index contributed by atoms with van der Waals surface area (Å²) in [4.78, 5) is 12.3. The molecule has 2 heterocycles. The number of aromatic nitrogens is 3. The van der Waals surface area contributed by atoms with Crippen LogP contribution in [-0.2, 0) is 13.0 Å². The van der Waals surface area contributed by atoms with Crippen LogP contribution < -0.4 is 5.32 Å². The van der Waals surface area contributed by atoms with Crippen molar-refractivity contribution >= 4 is 11.6 Å². The third-order valence-corrected chi connectivity index (χ3v) is 4.76. The third-order valence-electron chi connectivity index (χ3n) is 4.76. The SMILES string of the molecule is O=C(Nc1cc(-c2nnc3n2CCCCC3)ccc1F)c1cc(F)ccc1F. The Morgan fingerprint density at radius 1 is 0.964 bits per heavy atom. The summed E-state index contributed by atoms with van der Waals surface area (Å²) in [6.45, 7) is 0.769. The maximum Gasteiger partial charge on any atom is 0.258 e. The van der Waals surface area contributed by atoms with Crippen LogP contribution in [0.5, 0.6) is 0 Å². The zero-order chi connectivity index (χ0) is 19.7. The van der Waals surface area contributed by atoms with Crippen molar-refractivity contribution < 1.29 is 18.0 Å². The van der Waals surface area contributed by atoms with E-state index >= 15 is 0 Å². The maximum absolute atomic E-state index is 14.2. The first-order valence-corrected chi connectivity index (χ1v) is 9.01. The molecule has 0 unspecified atom stereocenters. The Balaban J connectivity index is 1.66. The minimum Gasteiger partial charge on any atom is -0.319 e. The molecule has 2 aromatic carbocycles. The number of nitrogens with zero attached hydrogens (tertiary/aromatic N) is 3. The molecule has 4 rings (SSSR count). The number of amides is 1. The van der Waals surface area contributed by atoms with Gasteiger partial charge in [0.1, 0.15) is 23.3 Å². The number of rotatable bonds is 3. The normalized spacial score (nSPS) is 13.7. The highest BCUT2D eigenvalue weighted by atomic mass is 19.1. The van der Waals surface area contributed by atoms with Gasteiger partial charge in [0.15, 0.2) is 5.82 Å². The lowest BCUT2D eigenvalue weighted by Gasteiger charge is -2.11. The van der Waals surface area contributed by atoms with Gasteiger partial charge >= 0.3 is 0 Å². The number of aryl methyl sites for hydroxylation is 1. The fourth-order valence-corrected chi connectivity index (χ4v) is 3.32. The van der Waals surface area contributed by atoms with Gasteiger partial charge in [-0.1, -0.05) is 6.42 Å². The van der Waals surface area contributed by atoms with E-state index in [0.29, 0.717) is 11.4 Å². The molecule has 0 fully saturated rings. The van der Waals surface area contributed by atoms with E-state index in [1.807, 2.05) is 4.57 Å². The molecule has 0 saturated carbocycles. The highest BCUT2D eigenvalue weighted by Crippen LogP contribution is 2.27. The topological polar surface area (TPSA) is 59.8 Å². The average molecular weight is 386 g/mol. The molecular formula is C20H17F3N4O. The van der Waals surface area contributed by atoms with Crippen LogP contribution in [0.4, 0.5) is 18.9 Å². The van der Waals surface area contributed by atoms with Crippen LogP contribution in [0.15, 0.2) is 36.4 Å². The summed E-state index contributed by atoms with van der Waals surface area (Å²) >= 11 is 0. The molecule has 8 heteroatoms. The molecule has 1 aromatic heterocycles. The molecule has 0 aliphatic carbocycles. The molecule has 0 saturated heterocycles. The van der Waals surface area contributed by atoms with E-state index in [4.69, 9.17) is 0 Å². The van der Waals surface area contributed by atoms with E-state index in [0.717, 1.165) is 56.3 Å².